The summed E-state index contributed by atoms with van der Waals surface area (Å²) in [7, 11) is 3.86. The Balaban J connectivity index is 3.18. The first kappa shape index (κ1) is 10.5. The Morgan fingerprint density at radius 1 is 1.43 bits per heavy atom. The number of hydrogen-bond donors (Lipinski definition) is 0. The van der Waals surface area contributed by atoms with Gasteiger partial charge < -0.3 is 4.90 Å². The summed E-state index contributed by atoms with van der Waals surface area (Å²) in [4.78, 5) is 12.1. The monoisotopic (exact) mass is 194 g/mol. The van der Waals surface area contributed by atoms with Gasteiger partial charge in [-0.2, -0.15) is 0 Å². The molecule has 4 nitrogen and oxygen atoms in total. The standard InChI is InChI=1S/C10H14N2O2/c1-4-8-7-9(12(13)14)5-6-10(8)11(2)3/h5-7H,4H2,1-3H3. The molecule has 76 valence electrons. The highest BCUT2D eigenvalue weighted by atomic mass is 16.6. The Kier molecular flexibility index (Phi) is 3.06. The first-order valence-corrected chi connectivity index (χ1v) is 4.51. The van der Waals surface area contributed by atoms with E-state index in [4.69, 9.17) is 0 Å². The minimum absolute atomic E-state index is 0.160. The van der Waals surface area contributed by atoms with E-state index in [9.17, 15) is 10.1 Å². The van der Waals surface area contributed by atoms with Crippen molar-refractivity contribution in [2.24, 2.45) is 0 Å². The van der Waals surface area contributed by atoms with Crippen LogP contribution in [0.5, 0.6) is 0 Å². The molecule has 0 aliphatic carbocycles. The quantitative estimate of drug-likeness (QED) is 0.547. The fraction of sp³-hybridized carbons (Fsp3) is 0.400. The summed E-state index contributed by atoms with van der Waals surface area (Å²) >= 11 is 0. The molecule has 0 bridgehead atoms. The number of nitro benzene ring substituents is 1. The molecule has 0 aliphatic heterocycles. The Morgan fingerprint density at radius 3 is 2.50 bits per heavy atom. The second-order valence-electron chi connectivity index (χ2n) is 3.32. The van der Waals surface area contributed by atoms with Gasteiger partial charge in [0.1, 0.15) is 0 Å². The first-order valence-electron chi connectivity index (χ1n) is 4.51. The van der Waals surface area contributed by atoms with Crippen molar-refractivity contribution in [3.8, 4) is 0 Å². The number of anilines is 1. The van der Waals surface area contributed by atoms with E-state index >= 15 is 0 Å². The molecule has 0 aromatic heterocycles. The van der Waals surface area contributed by atoms with Crippen LogP contribution in [0.15, 0.2) is 18.2 Å². The molecule has 0 amide bonds. The van der Waals surface area contributed by atoms with Crippen LogP contribution in [0.1, 0.15) is 12.5 Å². The zero-order valence-corrected chi connectivity index (χ0v) is 8.65. The van der Waals surface area contributed by atoms with Crippen LogP contribution in [0.25, 0.3) is 0 Å². The number of benzene rings is 1. The highest BCUT2D eigenvalue weighted by molar-refractivity contribution is 5.57. The van der Waals surface area contributed by atoms with Gasteiger partial charge in [0.2, 0.25) is 0 Å². The minimum Gasteiger partial charge on any atom is -0.377 e. The van der Waals surface area contributed by atoms with Crippen molar-refractivity contribution in [3.63, 3.8) is 0 Å². The van der Waals surface area contributed by atoms with Crippen LogP contribution in [0.4, 0.5) is 11.4 Å². The molecule has 0 radical (unpaired) electrons. The fourth-order valence-corrected chi connectivity index (χ4v) is 1.40. The number of nitrogens with zero attached hydrogens (tertiary/aromatic N) is 2. The molecular weight excluding hydrogens is 180 g/mol. The summed E-state index contributed by atoms with van der Waals surface area (Å²) in [6.07, 6.45) is 0.801. The smallest absolute Gasteiger partial charge is 0.269 e. The van der Waals surface area contributed by atoms with Gasteiger partial charge in [-0.3, -0.25) is 10.1 Å². The molecular formula is C10H14N2O2. The van der Waals surface area contributed by atoms with Crippen LogP contribution >= 0.6 is 0 Å². The van der Waals surface area contributed by atoms with Crippen LogP contribution < -0.4 is 4.90 Å². The summed E-state index contributed by atoms with van der Waals surface area (Å²) in [5, 5.41) is 10.5. The molecule has 0 spiro atoms. The van der Waals surface area contributed by atoms with Crippen molar-refractivity contribution >= 4 is 11.4 Å². The lowest BCUT2D eigenvalue weighted by Crippen LogP contribution is -2.11. The SMILES string of the molecule is CCc1cc([N+](=O)[O-])ccc1N(C)C. The molecule has 1 rings (SSSR count). The van der Waals surface area contributed by atoms with Crippen molar-refractivity contribution in [2.75, 3.05) is 19.0 Å². The van der Waals surface area contributed by atoms with Crippen LogP contribution in [0.2, 0.25) is 0 Å². The minimum atomic E-state index is -0.363. The van der Waals surface area contributed by atoms with Gasteiger partial charge in [-0.1, -0.05) is 6.92 Å². The Labute approximate surface area is 83.3 Å². The third-order valence-corrected chi connectivity index (χ3v) is 2.14. The molecule has 1 aromatic carbocycles. The number of nitro groups is 1. The first-order chi connectivity index (χ1) is 6.56. The summed E-state index contributed by atoms with van der Waals surface area (Å²) in [6.45, 7) is 1.99. The van der Waals surface area contributed by atoms with Crippen molar-refractivity contribution in [2.45, 2.75) is 13.3 Å². The van der Waals surface area contributed by atoms with Crippen LogP contribution in [-0.2, 0) is 6.42 Å². The van der Waals surface area contributed by atoms with Gasteiger partial charge in [0.05, 0.1) is 4.92 Å². The lowest BCUT2D eigenvalue weighted by molar-refractivity contribution is -0.384. The molecule has 0 unspecified atom stereocenters. The van der Waals surface area contributed by atoms with E-state index in [1.165, 1.54) is 6.07 Å². The second-order valence-corrected chi connectivity index (χ2v) is 3.32. The van der Waals surface area contributed by atoms with E-state index < -0.39 is 0 Å². The number of non-ortho nitro benzene ring substituents is 1. The van der Waals surface area contributed by atoms with Crippen LogP contribution in [0.3, 0.4) is 0 Å². The maximum Gasteiger partial charge on any atom is 0.269 e. The molecule has 0 fully saturated rings. The van der Waals surface area contributed by atoms with Crippen molar-refractivity contribution < 1.29 is 4.92 Å². The predicted octanol–water partition coefficient (Wildman–Crippen LogP) is 2.22. The van der Waals surface area contributed by atoms with E-state index in [0.717, 1.165) is 17.7 Å². The third kappa shape index (κ3) is 2.02. The Hall–Kier alpha value is -1.58. The van der Waals surface area contributed by atoms with Crippen molar-refractivity contribution in [1.82, 2.24) is 0 Å². The van der Waals surface area contributed by atoms with Crippen LogP contribution in [-0.4, -0.2) is 19.0 Å². The van der Waals surface area contributed by atoms with E-state index in [2.05, 4.69) is 0 Å². The highest BCUT2D eigenvalue weighted by Gasteiger charge is 2.10. The molecule has 0 N–H and O–H groups in total. The summed E-state index contributed by atoms with van der Waals surface area (Å²) in [5.74, 6) is 0. The van der Waals surface area contributed by atoms with Gasteiger partial charge >= 0.3 is 0 Å². The molecule has 0 saturated heterocycles. The largest absolute Gasteiger partial charge is 0.377 e. The van der Waals surface area contributed by atoms with Gasteiger partial charge in [-0.15, -0.1) is 0 Å². The maximum atomic E-state index is 10.5. The number of aryl methyl sites for hydroxylation is 1. The second kappa shape index (κ2) is 4.09. The molecule has 0 saturated carbocycles. The third-order valence-electron chi connectivity index (χ3n) is 2.14. The normalized spacial score (nSPS) is 9.93. The van der Waals surface area contributed by atoms with E-state index in [1.807, 2.05) is 25.9 Å². The van der Waals surface area contributed by atoms with Gasteiger partial charge in [0, 0.05) is 31.9 Å². The van der Waals surface area contributed by atoms with Crippen LogP contribution in [0, 0.1) is 10.1 Å². The lowest BCUT2D eigenvalue weighted by Gasteiger charge is -2.16. The Morgan fingerprint density at radius 2 is 2.07 bits per heavy atom. The number of rotatable bonds is 3. The summed E-state index contributed by atoms with van der Waals surface area (Å²) in [5.41, 5.74) is 2.20. The van der Waals surface area contributed by atoms with Gasteiger partial charge in [-0.05, 0) is 18.1 Å². The topological polar surface area (TPSA) is 46.4 Å². The number of hydrogen-bond acceptors (Lipinski definition) is 3. The van der Waals surface area contributed by atoms with Gasteiger partial charge in [0.25, 0.3) is 5.69 Å². The fourth-order valence-electron chi connectivity index (χ4n) is 1.40. The zero-order chi connectivity index (χ0) is 10.7. The lowest BCUT2D eigenvalue weighted by atomic mass is 10.1. The average Bonchev–Trinajstić information content (AvgIpc) is 2.16. The van der Waals surface area contributed by atoms with Gasteiger partial charge in [-0.25, -0.2) is 0 Å². The molecule has 4 heteroatoms. The maximum absolute atomic E-state index is 10.5. The van der Waals surface area contributed by atoms with Crippen molar-refractivity contribution in [1.29, 1.82) is 0 Å². The highest BCUT2D eigenvalue weighted by Crippen LogP contribution is 2.24. The zero-order valence-electron chi connectivity index (χ0n) is 8.65. The molecule has 0 heterocycles. The Bertz CT molecular complexity index is 348. The van der Waals surface area contributed by atoms with E-state index in [1.54, 1.807) is 12.1 Å². The van der Waals surface area contributed by atoms with Gasteiger partial charge in [0.15, 0.2) is 0 Å². The molecule has 14 heavy (non-hydrogen) atoms. The van der Waals surface area contributed by atoms with Crippen molar-refractivity contribution in [3.05, 3.63) is 33.9 Å². The molecule has 0 aliphatic rings. The summed E-state index contributed by atoms with van der Waals surface area (Å²) in [6, 6.07) is 4.96. The van der Waals surface area contributed by atoms with E-state index in [0.29, 0.717) is 0 Å². The molecule has 0 atom stereocenters. The molecule has 1 aromatic rings. The predicted molar refractivity (Wildman–Crippen MR) is 56.8 cm³/mol. The summed E-state index contributed by atoms with van der Waals surface area (Å²) < 4.78 is 0. The average molecular weight is 194 g/mol. The van der Waals surface area contributed by atoms with E-state index in [-0.39, 0.29) is 10.6 Å².